The van der Waals surface area contributed by atoms with Gasteiger partial charge in [0.1, 0.15) is 0 Å². The smallest absolute Gasteiger partial charge is 0.182 e. The van der Waals surface area contributed by atoms with Crippen molar-refractivity contribution in [1.29, 1.82) is 0 Å². The highest BCUT2D eigenvalue weighted by molar-refractivity contribution is 6.04. The normalized spacial score (nSPS) is 36.4. The fourth-order valence-electron chi connectivity index (χ4n) is 2.90. The molecule has 1 aliphatic carbocycles. The van der Waals surface area contributed by atoms with Gasteiger partial charge in [-0.05, 0) is 50.1 Å². The fourth-order valence-corrected chi connectivity index (χ4v) is 2.90. The van der Waals surface area contributed by atoms with Gasteiger partial charge in [-0.3, -0.25) is 0 Å². The average Bonchev–Trinajstić information content (AvgIpc) is 2.86. The molecule has 0 aromatic heterocycles. The monoisotopic (exact) mass is 177 g/mol. The van der Waals surface area contributed by atoms with Crippen molar-refractivity contribution in [2.24, 2.45) is 17.8 Å². The van der Waals surface area contributed by atoms with Crippen molar-refractivity contribution in [2.45, 2.75) is 39.0 Å². The second-order valence-corrected chi connectivity index (χ2v) is 4.82. The Hall–Kier alpha value is 0.0249. The molecule has 2 radical (unpaired) electrons. The zero-order chi connectivity index (χ0) is 9.26. The Morgan fingerprint density at radius 3 is 2.62 bits per heavy atom. The summed E-state index contributed by atoms with van der Waals surface area (Å²) in [7, 11) is 5.74. The van der Waals surface area contributed by atoms with Crippen molar-refractivity contribution < 1.29 is 0 Å². The molecule has 1 saturated heterocycles. The molecule has 2 heteroatoms. The summed E-state index contributed by atoms with van der Waals surface area (Å²) in [4.78, 5) is 1.98. The van der Waals surface area contributed by atoms with Crippen molar-refractivity contribution in [3.63, 3.8) is 0 Å². The second-order valence-electron chi connectivity index (χ2n) is 4.82. The van der Waals surface area contributed by atoms with Gasteiger partial charge in [0.05, 0.1) is 0 Å². The lowest BCUT2D eigenvalue weighted by Crippen LogP contribution is -2.32. The Kier molecular flexibility index (Phi) is 2.97. The van der Waals surface area contributed by atoms with Crippen molar-refractivity contribution in [2.75, 3.05) is 13.1 Å². The summed E-state index contributed by atoms with van der Waals surface area (Å²) in [5.74, 6) is 3.17. The summed E-state index contributed by atoms with van der Waals surface area (Å²) in [6, 6.07) is 0. The summed E-state index contributed by atoms with van der Waals surface area (Å²) >= 11 is 0. The topological polar surface area (TPSA) is 3.24 Å². The van der Waals surface area contributed by atoms with Crippen LogP contribution in [0.5, 0.6) is 0 Å². The highest BCUT2D eigenvalue weighted by Crippen LogP contribution is 2.50. The van der Waals surface area contributed by atoms with Gasteiger partial charge in [0, 0.05) is 0 Å². The largest absolute Gasteiger partial charge is 0.353 e. The van der Waals surface area contributed by atoms with Crippen molar-refractivity contribution in [3.05, 3.63) is 0 Å². The van der Waals surface area contributed by atoms with Gasteiger partial charge in [-0.1, -0.05) is 19.8 Å². The number of rotatable bonds is 3. The first-order valence-electron chi connectivity index (χ1n) is 5.81. The predicted octanol–water partition coefficient (Wildman–Crippen LogP) is 2.22. The van der Waals surface area contributed by atoms with E-state index >= 15 is 0 Å². The van der Waals surface area contributed by atoms with Gasteiger partial charge in [0.2, 0.25) is 0 Å². The van der Waals surface area contributed by atoms with Crippen LogP contribution in [0, 0.1) is 17.8 Å². The van der Waals surface area contributed by atoms with E-state index in [1.165, 1.54) is 32.1 Å². The Morgan fingerprint density at radius 2 is 2.00 bits per heavy atom. The molecule has 2 aliphatic rings. The lowest BCUT2D eigenvalue weighted by atomic mass is 9.89. The quantitative estimate of drug-likeness (QED) is 0.597. The molecule has 2 atom stereocenters. The summed E-state index contributed by atoms with van der Waals surface area (Å²) in [6.07, 6.45) is 7.05. The molecule has 0 aromatic rings. The molecule has 1 aliphatic heterocycles. The van der Waals surface area contributed by atoms with E-state index in [9.17, 15) is 0 Å². The molecule has 0 bridgehead atoms. The summed E-state index contributed by atoms with van der Waals surface area (Å²) in [5.41, 5.74) is 0. The Morgan fingerprint density at radius 1 is 1.31 bits per heavy atom. The van der Waals surface area contributed by atoms with E-state index in [1.54, 1.807) is 0 Å². The van der Waals surface area contributed by atoms with Crippen LogP contribution < -0.4 is 0 Å². The second kappa shape index (κ2) is 4.04. The molecule has 72 valence electrons. The highest BCUT2D eigenvalue weighted by atomic mass is 15.0. The molecule has 1 heterocycles. The SMILES string of the molecule is [B]N1CCC([C@H]2C[C@H]2CCC)CC1. The molecule has 0 unspecified atom stereocenters. The average molecular weight is 177 g/mol. The predicted molar refractivity (Wildman–Crippen MR) is 56.6 cm³/mol. The first kappa shape index (κ1) is 9.58. The highest BCUT2D eigenvalue weighted by Gasteiger charge is 2.42. The minimum absolute atomic E-state index is 1.01. The van der Waals surface area contributed by atoms with E-state index in [0.717, 1.165) is 30.8 Å². The lowest BCUT2D eigenvalue weighted by molar-refractivity contribution is 0.251. The third-order valence-corrected chi connectivity index (χ3v) is 3.82. The minimum Gasteiger partial charge on any atom is -0.353 e. The van der Waals surface area contributed by atoms with E-state index < -0.39 is 0 Å². The molecule has 1 saturated carbocycles. The van der Waals surface area contributed by atoms with Gasteiger partial charge < -0.3 is 4.81 Å². The minimum atomic E-state index is 1.01. The Bertz CT molecular complexity index is 163. The molecule has 0 aromatic carbocycles. The third kappa shape index (κ3) is 2.28. The van der Waals surface area contributed by atoms with E-state index in [2.05, 4.69) is 6.92 Å². The van der Waals surface area contributed by atoms with Gasteiger partial charge in [-0.25, -0.2) is 0 Å². The maximum Gasteiger partial charge on any atom is 0.182 e. The van der Waals surface area contributed by atoms with Crippen LogP contribution in [0.25, 0.3) is 0 Å². The maximum atomic E-state index is 5.74. The zero-order valence-electron chi connectivity index (χ0n) is 8.71. The molecule has 13 heavy (non-hydrogen) atoms. The van der Waals surface area contributed by atoms with Gasteiger partial charge in [0.15, 0.2) is 7.98 Å². The van der Waals surface area contributed by atoms with E-state index in [-0.39, 0.29) is 0 Å². The molecular weight excluding hydrogens is 157 g/mol. The van der Waals surface area contributed by atoms with Crippen LogP contribution in [-0.4, -0.2) is 25.9 Å². The maximum absolute atomic E-state index is 5.74. The van der Waals surface area contributed by atoms with Gasteiger partial charge >= 0.3 is 0 Å². The van der Waals surface area contributed by atoms with Crippen LogP contribution in [0.2, 0.25) is 0 Å². The standard InChI is InChI=1S/C11H20BN/c1-2-3-10-8-11(10)9-4-6-13(12)7-5-9/h9-11H,2-8H2,1H3/t10-,11-/m1/s1. The molecule has 0 spiro atoms. The Labute approximate surface area is 83.3 Å². The van der Waals surface area contributed by atoms with Crippen LogP contribution >= 0.6 is 0 Å². The molecule has 0 N–H and O–H groups in total. The van der Waals surface area contributed by atoms with Gasteiger partial charge in [-0.2, -0.15) is 0 Å². The molecule has 2 rings (SSSR count). The summed E-state index contributed by atoms with van der Waals surface area (Å²) in [5, 5.41) is 0. The van der Waals surface area contributed by atoms with Crippen LogP contribution in [-0.2, 0) is 0 Å². The summed E-state index contributed by atoms with van der Waals surface area (Å²) in [6.45, 7) is 4.55. The zero-order valence-corrected chi connectivity index (χ0v) is 8.71. The third-order valence-electron chi connectivity index (χ3n) is 3.82. The molecule has 2 fully saturated rings. The molecular formula is C11H20BN. The van der Waals surface area contributed by atoms with Crippen molar-refractivity contribution >= 4 is 7.98 Å². The lowest BCUT2D eigenvalue weighted by Gasteiger charge is -2.29. The fraction of sp³-hybridized carbons (Fsp3) is 1.00. The van der Waals surface area contributed by atoms with Gasteiger partial charge in [-0.15, -0.1) is 0 Å². The number of piperidine rings is 1. The van der Waals surface area contributed by atoms with Gasteiger partial charge in [0.25, 0.3) is 0 Å². The van der Waals surface area contributed by atoms with E-state index in [4.69, 9.17) is 7.98 Å². The van der Waals surface area contributed by atoms with Crippen LogP contribution in [0.15, 0.2) is 0 Å². The van der Waals surface area contributed by atoms with Crippen LogP contribution in [0.1, 0.15) is 39.0 Å². The first-order chi connectivity index (χ1) is 6.31. The van der Waals surface area contributed by atoms with Crippen LogP contribution in [0.3, 0.4) is 0 Å². The van der Waals surface area contributed by atoms with Crippen LogP contribution in [0.4, 0.5) is 0 Å². The number of hydrogen-bond acceptors (Lipinski definition) is 1. The molecule has 1 nitrogen and oxygen atoms in total. The van der Waals surface area contributed by atoms with E-state index in [0.29, 0.717) is 0 Å². The first-order valence-corrected chi connectivity index (χ1v) is 5.81. The van der Waals surface area contributed by atoms with Crippen molar-refractivity contribution in [3.8, 4) is 0 Å². The molecule has 0 amide bonds. The van der Waals surface area contributed by atoms with E-state index in [1.807, 2.05) is 4.81 Å². The van der Waals surface area contributed by atoms with Crippen molar-refractivity contribution in [1.82, 2.24) is 4.81 Å². The Balaban J connectivity index is 1.71. The number of hydrogen-bond donors (Lipinski definition) is 0. The number of nitrogens with zero attached hydrogens (tertiary/aromatic N) is 1. The summed E-state index contributed by atoms with van der Waals surface area (Å²) < 4.78 is 0.